The van der Waals surface area contributed by atoms with Crippen molar-refractivity contribution in [1.82, 2.24) is 5.32 Å². The van der Waals surface area contributed by atoms with Crippen LogP contribution in [0.4, 0.5) is 0 Å². The van der Waals surface area contributed by atoms with E-state index in [0.717, 1.165) is 23.3 Å². The lowest BCUT2D eigenvalue weighted by Gasteiger charge is -2.21. The standard InChI is InChI=1S/C21H26ClNO2/c1-15(2)14-20(17-8-11-18(25-3)12-9-17)23-21(24)13-10-16-6-4-5-7-19(16)22/h4-9,11-12,15,20H,10,13-14H2,1-3H3,(H,23,24). The van der Waals surface area contributed by atoms with Crippen LogP contribution in [0.5, 0.6) is 5.75 Å². The number of aryl methyl sites for hydroxylation is 1. The Balaban J connectivity index is 2.00. The molecule has 4 heteroatoms. The highest BCUT2D eigenvalue weighted by Gasteiger charge is 2.16. The monoisotopic (exact) mass is 359 g/mol. The summed E-state index contributed by atoms with van der Waals surface area (Å²) in [6.45, 7) is 4.32. The Kier molecular flexibility index (Phi) is 7.32. The molecule has 2 aromatic rings. The zero-order valence-corrected chi connectivity index (χ0v) is 15.8. The summed E-state index contributed by atoms with van der Waals surface area (Å²) >= 11 is 6.16. The molecule has 0 fully saturated rings. The number of methoxy groups -OCH3 is 1. The van der Waals surface area contributed by atoms with Gasteiger partial charge in [0.25, 0.3) is 0 Å². The topological polar surface area (TPSA) is 38.3 Å². The number of carbonyl (C=O) groups excluding carboxylic acids is 1. The van der Waals surface area contributed by atoms with Crippen molar-refractivity contribution in [2.24, 2.45) is 5.92 Å². The molecule has 134 valence electrons. The van der Waals surface area contributed by atoms with E-state index in [1.165, 1.54) is 0 Å². The van der Waals surface area contributed by atoms with Crippen LogP contribution >= 0.6 is 11.6 Å². The van der Waals surface area contributed by atoms with E-state index in [-0.39, 0.29) is 11.9 Å². The Labute approximate surface area is 155 Å². The fourth-order valence-corrected chi connectivity index (χ4v) is 3.03. The van der Waals surface area contributed by atoms with Crippen LogP contribution in [0.25, 0.3) is 0 Å². The molecule has 0 saturated carbocycles. The molecule has 0 radical (unpaired) electrons. The molecule has 0 aliphatic heterocycles. The van der Waals surface area contributed by atoms with Crippen molar-refractivity contribution in [1.29, 1.82) is 0 Å². The molecule has 2 aromatic carbocycles. The number of hydrogen-bond donors (Lipinski definition) is 1. The van der Waals surface area contributed by atoms with Crippen LogP contribution < -0.4 is 10.1 Å². The number of halogens is 1. The summed E-state index contributed by atoms with van der Waals surface area (Å²) in [5, 5.41) is 3.88. The van der Waals surface area contributed by atoms with Gasteiger partial charge in [-0.05, 0) is 48.1 Å². The maximum atomic E-state index is 12.4. The van der Waals surface area contributed by atoms with Crippen LogP contribution in [0.2, 0.25) is 5.02 Å². The molecular formula is C21H26ClNO2. The highest BCUT2D eigenvalue weighted by molar-refractivity contribution is 6.31. The summed E-state index contributed by atoms with van der Waals surface area (Å²) in [6, 6.07) is 15.5. The molecule has 1 atom stereocenters. The SMILES string of the molecule is COc1ccc(C(CC(C)C)NC(=O)CCc2ccccc2Cl)cc1. The van der Waals surface area contributed by atoms with Gasteiger partial charge in [-0.1, -0.05) is 55.8 Å². The van der Waals surface area contributed by atoms with Gasteiger partial charge >= 0.3 is 0 Å². The number of ether oxygens (including phenoxy) is 1. The first-order valence-electron chi connectivity index (χ1n) is 8.66. The van der Waals surface area contributed by atoms with E-state index in [2.05, 4.69) is 19.2 Å². The molecule has 0 bridgehead atoms. The summed E-state index contributed by atoms with van der Waals surface area (Å²) in [5.74, 6) is 1.34. The highest BCUT2D eigenvalue weighted by atomic mass is 35.5. The normalized spacial score (nSPS) is 12.0. The van der Waals surface area contributed by atoms with Crippen molar-refractivity contribution in [3.05, 3.63) is 64.7 Å². The van der Waals surface area contributed by atoms with Crippen molar-refractivity contribution in [3.8, 4) is 5.75 Å². The minimum atomic E-state index is 0.00431. The van der Waals surface area contributed by atoms with Crippen LogP contribution in [-0.4, -0.2) is 13.0 Å². The van der Waals surface area contributed by atoms with E-state index in [9.17, 15) is 4.79 Å². The van der Waals surface area contributed by atoms with Crippen molar-refractivity contribution in [3.63, 3.8) is 0 Å². The van der Waals surface area contributed by atoms with Gasteiger partial charge in [0, 0.05) is 11.4 Å². The summed E-state index contributed by atoms with van der Waals surface area (Å²) in [7, 11) is 1.65. The average Bonchev–Trinajstić information content (AvgIpc) is 2.60. The molecule has 25 heavy (non-hydrogen) atoms. The molecule has 0 spiro atoms. The van der Waals surface area contributed by atoms with Crippen LogP contribution in [0.3, 0.4) is 0 Å². The third-order valence-electron chi connectivity index (χ3n) is 4.14. The molecule has 3 nitrogen and oxygen atoms in total. The molecule has 1 amide bonds. The molecule has 0 aromatic heterocycles. The maximum absolute atomic E-state index is 12.4. The number of nitrogens with one attached hydrogen (secondary N) is 1. The lowest BCUT2D eigenvalue weighted by Crippen LogP contribution is -2.29. The molecular weight excluding hydrogens is 334 g/mol. The first-order chi connectivity index (χ1) is 12.0. The van der Waals surface area contributed by atoms with E-state index in [1.807, 2.05) is 48.5 Å². The van der Waals surface area contributed by atoms with Gasteiger partial charge in [-0.25, -0.2) is 0 Å². The van der Waals surface area contributed by atoms with E-state index in [1.54, 1.807) is 7.11 Å². The third kappa shape index (κ3) is 6.09. The molecule has 0 saturated heterocycles. The number of hydrogen-bond acceptors (Lipinski definition) is 2. The smallest absolute Gasteiger partial charge is 0.220 e. The molecule has 2 rings (SSSR count). The Morgan fingerprint density at radius 1 is 1.12 bits per heavy atom. The number of benzene rings is 2. The minimum Gasteiger partial charge on any atom is -0.497 e. The molecule has 0 aliphatic rings. The zero-order chi connectivity index (χ0) is 18.2. The van der Waals surface area contributed by atoms with Gasteiger partial charge in [0.1, 0.15) is 5.75 Å². The predicted molar refractivity (Wildman–Crippen MR) is 103 cm³/mol. The fourth-order valence-electron chi connectivity index (χ4n) is 2.80. The van der Waals surface area contributed by atoms with Gasteiger partial charge < -0.3 is 10.1 Å². The largest absolute Gasteiger partial charge is 0.497 e. The predicted octanol–water partition coefficient (Wildman–Crippen LogP) is 5.18. The highest BCUT2D eigenvalue weighted by Crippen LogP contribution is 2.24. The first-order valence-corrected chi connectivity index (χ1v) is 9.04. The Morgan fingerprint density at radius 3 is 2.40 bits per heavy atom. The van der Waals surface area contributed by atoms with Gasteiger partial charge in [0.2, 0.25) is 5.91 Å². The number of rotatable bonds is 8. The Morgan fingerprint density at radius 2 is 1.80 bits per heavy atom. The zero-order valence-electron chi connectivity index (χ0n) is 15.1. The maximum Gasteiger partial charge on any atom is 0.220 e. The van der Waals surface area contributed by atoms with Crippen LogP contribution in [0.15, 0.2) is 48.5 Å². The molecule has 1 unspecified atom stereocenters. The van der Waals surface area contributed by atoms with Gasteiger partial charge in [0.05, 0.1) is 13.2 Å². The lowest BCUT2D eigenvalue weighted by atomic mass is 9.96. The molecule has 1 N–H and O–H groups in total. The Bertz CT molecular complexity index is 683. The molecule has 0 aliphatic carbocycles. The average molecular weight is 360 g/mol. The minimum absolute atomic E-state index is 0.00431. The van der Waals surface area contributed by atoms with Gasteiger partial charge in [-0.2, -0.15) is 0 Å². The van der Waals surface area contributed by atoms with Crippen LogP contribution in [-0.2, 0) is 11.2 Å². The van der Waals surface area contributed by atoms with Crippen molar-refractivity contribution < 1.29 is 9.53 Å². The lowest BCUT2D eigenvalue weighted by molar-refractivity contribution is -0.121. The Hall–Kier alpha value is -2.00. The molecule has 0 heterocycles. The van der Waals surface area contributed by atoms with Gasteiger partial charge in [-0.3, -0.25) is 4.79 Å². The number of amides is 1. The van der Waals surface area contributed by atoms with E-state index in [0.29, 0.717) is 23.8 Å². The second kappa shape index (κ2) is 9.47. The second-order valence-electron chi connectivity index (χ2n) is 6.61. The number of carbonyl (C=O) groups is 1. The van der Waals surface area contributed by atoms with E-state index < -0.39 is 0 Å². The summed E-state index contributed by atoms with van der Waals surface area (Å²) < 4.78 is 5.21. The van der Waals surface area contributed by atoms with Crippen LogP contribution in [0, 0.1) is 5.92 Å². The van der Waals surface area contributed by atoms with E-state index >= 15 is 0 Å². The van der Waals surface area contributed by atoms with Gasteiger partial charge in [0.15, 0.2) is 0 Å². The first kappa shape index (κ1) is 19.3. The summed E-state index contributed by atoms with van der Waals surface area (Å²) in [5.41, 5.74) is 2.10. The second-order valence-corrected chi connectivity index (χ2v) is 7.02. The quantitative estimate of drug-likeness (QED) is 0.704. The van der Waals surface area contributed by atoms with Crippen LogP contribution in [0.1, 0.15) is 43.9 Å². The van der Waals surface area contributed by atoms with Crippen molar-refractivity contribution in [2.45, 2.75) is 39.2 Å². The summed E-state index contributed by atoms with van der Waals surface area (Å²) in [6.07, 6.45) is 1.96. The van der Waals surface area contributed by atoms with Crippen molar-refractivity contribution in [2.75, 3.05) is 7.11 Å². The third-order valence-corrected chi connectivity index (χ3v) is 4.51. The fraction of sp³-hybridized carbons (Fsp3) is 0.381. The summed E-state index contributed by atoms with van der Waals surface area (Å²) in [4.78, 5) is 12.4. The van der Waals surface area contributed by atoms with E-state index in [4.69, 9.17) is 16.3 Å². The van der Waals surface area contributed by atoms with Crippen molar-refractivity contribution >= 4 is 17.5 Å². The van der Waals surface area contributed by atoms with Gasteiger partial charge in [-0.15, -0.1) is 0 Å².